The normalized spacial score (nSPS) is 20.9. The van der Waals surface area contributed by atoms with E-state index in [1.54, 1.807) is 0 Å². The average molecular weight is 193 g/mol. The summed E-state index contributed by atoms with van der Waals surface area (Å²) >= 11 is 0. The molecule has 0 fully saturated rings. The van der Waals surface area contributed by atoms with E-state index < -0.39 is 0 Å². The highest BCUT2D eigenvalue weighted by molar-refractivity contribution is 5.30. The SMILES string of the molecule is Cc1c2c(nn1C)C(CCN)CCC2. The summed E-state index contributed by atoms with van der Waals surface area (Å²) < 4.78 is 2.01. The number of nitrogens with two attached hydrogens (primary N) is 1. The lowest BCUT2D eigenvalue weighted by atomic mass is 9.85. The molecule has 0 aromatic carbocycles. The van der Waals surface area contributed by atoms with Crippen molar-refractivity contribution in [2.75, 3.05) is 6.54 Å². The zero-order chi connectivity index (χ0) is 10.1. The molecule has 0 amide bonds. The zero-order valence-electron chi connectivity index (χ0n) is 9.08. The van der Waals surface area contributed by atoms with Crippen LogP contribution in [0.5, 0.6) is 0 Å². The van der Waals surface area contributed by atoms with Gasteiger partial charge in [-0.1, -0.05) is 0 Å². The molecule has 3 heteroatoms. The lowest BCUT2D eigenvalue weighted by Crippen LogP contribution is -2.13. The third-order valence-electron chi connectivity index (χ3n) is 3.37. The highest BCUT2D eigenvalue weighted by Crippen LogP contribution is 2.33. The van der Waals surface area contributed by atoms with Gasteiger partial charge in [-0.2, -0.15) is 5.10 Å². The van der Waals surface area contributed by atoms with Crippen molar-refractivity contribution < 1.29 is 0 Å². The van der Waals surface area contributed by atoms with Crippen molar-refractivity contribution in [2.24, 2.45) is 12.8 Å². The molecule has 3 nitrogen and oxygen atoms in total. The maximum Gasteiger partial charge on any atom is 0.0690 e. The van der Waals surface area contributed by atoms with E-state index in [-0.39, 0.29) is 0 Å². The van der Waals surface area contributed by atoms with E-state index in [1.807, 2.05) is 11.7 Å². The average Bonchev–Trinajstić information content (AvgIpc) is 2.46. The van der Waals surface area contributed by atoms with Crippen molar-refractivity contribution in [1.29, 1.82) is 0 Å². The van der Waals surface area contributed by atoms with Crippen molar-refractivity contribution in [1.82, 2.24) is 9.78 Å². The Morgan fingerprint density at radius 3 is 3.07 bits per heavy atom. The molecule has 0 aliphatic heterocycles. The van der Waals surface area contributed by atoms with Crippen LogP contribution in [-0.4, -0.2) is 16.3 Å². The predicted octanol–water partition coefficient (Wildman–Crippen LogP) is 1.50. The van der Waals surface area contributed by atoms with Crippen LogP contribution in [0.15, 0.2) is 0 Å². The molecule has 0 spiro atoms. The molecule has 1 atom stereocenters. The molecule has 1 unspecified atom stereocenters. The molecular formula is C11H19N3. The largest absolute Gasteiger partial charge is 0.330 e. The maximum atomic E-state index is 5.63. The van der Waals surface area contributed by atoms with Gasteiger partial charge in [0.05, 0.1) is 5.69 Å². The monoisotopic (exact) mass is 193 g/mol. The van der Waals surface area contributed by atoms with Crippen LogP contribution in [-0.2, 0) is 13.5 Å². The number of aromatic nitrogens is 2. The predicted molar refractivity (Wildman–Crippen MR) is 57.3 cm³/mol. The topological polar surface area (TPSA) is 43.8 Å². The van der Waals surface area contributed by atoms with Crippen LogP contribution in [0.1, 0.15) is 42.1 Å². The Labute approximate surface area is 85.3 Å². The minimum absolute atomic E-state index is 0.614. The van der Waals surface area contributed by atoms with Crippen LogP contribution in [0, 0.1) is 6.92 Å². The van der Waals surface area contributed by atoms with Crippen LogP contribution in [0.25, 0.3) is 0 Å². The second-order valence-corrected chi connectivity index (χ2v) is 4.24. The van der Waals surface area contributed by atoms with Crippen molar-refractivity contribution in [3.63, 3.8) is 0 Å². The molecule has 1 aromatic heterocycles. The summed E-state index contributed by atoms with van der Waals surface area (Å²) in [6.07, 6.45) is 4.85. The fourth-order valence-electron chi connectivity index (χ4n) is 2.46. The fraction of sp³-hybridized carbons (Fsp3) is 0.727. The summed E-state index contributed by atoms with van der Waals surface area (Å²) in [5.74, 6) is 0.614. The molecule has 0 saturated carbocycles. The van der Waals surface area contributed by atoms with Crippen LogP contribution < -0.4 is 5.73 Å². The van der Waals surface area contributed by atoms with Gasteiger partial charge in [0.15, 0.2) is 0 Å². The second kappa shape index (κ2) is 3.73. The Balaban J connectivity index is 2.34. The third kappa shape index (κ3) is 1.46. The highest BCUT2D eigenvalue weighted by atomic mass is 15.3. The number of hydrogen-bond donors (Lipinski definition) is 1. The number of fused-ring (bicyclic) bond motifs is 1. The van der Waals surface area contributed by atoms with Gasteiger partial charge in [-0.3, -0.25) is 4.68 Å². The summed E-state index contributed by atoms with van der Waals surface area (Å²) in [5, 5.41) is 4.61. The molecule has 1 aliphatic carbocycles. The molecule has 1 heterocycles. The molecule has 2 rings (SSSR count). The molecular weight excluding hydrogens is 174 g/mol. The first kappa shape index (κ1) is 9.71. The third-order valence-corrected chi connectivity index (χ3v) is 3.37. The summed E-state index contributed by atoms with van der Waals surface area (Å²) in [5.41, 5.74) is 9.77. The van der Waals surface area contributed by atoms with Crippen LogP contribution in [0.3, 0.4) is 0 Å². The maximum absolute atomic E-state index is 5.63. The van der Waals surface area contributed by atoms with Crippen molar-refractivity contribution in [2.45, 2.75) is 38.5 Å². The Bertz CT molecular complexity index is 328. The smallest absolute Gasteiger partial charge is 0.0690 e. The summed E-state index contributed by atoms with van der Waals surface area (Å²) in [6.45, 7) is 2.94. The van der Waals surface area contributed by atoms with E-state index in [1.165, 1.54) is 36.2 Å². The Morgan fingerprint density at radius 2 is 2.36 bits per heavy atom. The highest BCUT2D eigenvalue weighted by Gasteiger charge is 2.24. The minimum Gasteiger partial charge on any atom is -0.330 e. The summed E-state index contributed by atoms with van der Waals surface area (Å²) in [6, 6.07) is 0. The van der Waals surface area contributed by atoms with Crippen LogP contribution in [0.4, 0.5) is 0 Å². The summed E-state index contributed by atoms with van der Waals surface area (Å²) in [4.78, 5) is 0. The second-order valence-electron chi connectivity index (χ2n) is 4.24. The van der Waals surface area contributed by atoms with E-state index in [9.17, 15) is 0 Å². The lowest BCUT2D eigenvalue weighted by molar-refractivity contribution is 0.511. The molecule has 1 aromatic rings. The van der Waals surface area contributed by atoms with Gasteiger partial charge in [-0.05, 0) is 44.7 Å². The van der Waals surface area contributed by atoms with Gasteiger partial charge in [0.1, 0.15) is 0 Å². The zero-order valence-corrected chi connectivity index (χ0v) is 9.08. The number of aryl methyl sites for hydroxylation is 1. The Kier molecular flexibility index (Phi) is 2.59. The van der Waals surface area contributed by atoms with Gasteiger partial charge in [-0.25, -0.2) is 0 Å². The van der Waals surface area contributed by atoms with Gasteiger partial charge < -0.3 is 5.73 Å². The molecule has 2 N–H and O–H groups in total. The molecule has 14 heavy (non-hydrogen) atoms. The van der Waals surface area contributed by atoms with E-state index >= 15 is 0 Å². The van der Waals surface area contributed by atoms with Gasteiger partial charge in [0.25, 0.3) is 0 Å². The van der Waals surface area contributed by atoms with E-state index in [0.29, 0.717) is 5.92 Å². The minimum atomic E-state index is 0.614. The van der Waals surface area contributed by atoms with Crippen LogP contribution in [0.2, 0.25) is 0 Å². The lowest BCUT2D eigenvalue weighted by Gasteiger charge is -2.20. The van der Waals surface area contributed by atoms with Crippen molar-refractivity contribution >= 4 is 0 Å². The van der Waals surface area contributed by atoms with Crippen molar-refractivity contribution in [3.8, 4) is 0 Å². The Hall–Kier alpha value is -0.830. The standard InChI is InChI=1S/C11H19N3/c1-8-10-5-3-4-9(6-7-12)11(10)13-14(8)2/h9H,3-7,12H2,1-2H3. The number of rotatable bonds is 2. The molecule has 1 aliphatic rings. The van der Waals surface area contributed by atoms with E-state index in [2.05, 4.69) is 12.0 Å². The van der Waals surface area contributed by atoms with E-state index in [4.69, 9.17) is 5.73 Å². The first-order chi connectivity index (χ1) is 6.74. The van der Waals surface area contributed by atoms with Crippen LogP contribution >= 0.6 is 0 Å². The quantitative estimate of drug-likeness (QED) is 0.773. The molecule has 78 valence electrons. The van der Waals surface area contributed by atoms with Gasteiger partial charge in [0.2, 0.25) is 0 Å². The Morgan fingerprint density at radius 1 is 1.57 bits per heavy atom. The van der Waals surface area contributed by atoms with Gasteiger partial charge >= 0.3 is 0 Å². The van der Waals surface area contributed by atoms with Gasteiger partial charge in [-0.15, -0.1) is 0 Å². The van der Waals surface area contributed by atoms with E-state index in [0.717, 1.165) is 13.0 Å². The number of nitrogens with zero attached hydrogens (tertiary/aromatic N) is 2. The van der Waals surface area contributed by atoms with Gasteiger partial charge in [0, 0.05) is 18.7 Å². The van der Waals surface area contributed by atoms with Crippen molar-refractivity contribution in [3.05, 3.63) is 17.0 Å². The number of hydrogen-bond acceptors (Lipinski definition) is 2. The fourth-order valence-corrected chi connectivity index (χ4v) is 2.46. The first-order valence-corrected chi connectivity index (χ1v) is 5.46. The molecule has 0 saturated heterocycles. The molecule has 0 radical (unpaired) electrons. The first-order valence-electron chi connectivity index (χ1n) is 5.46. The molecule has 0 bridgehead atoms. The summed E-state index contributed by atoms with van der Waals surface area (Å²) in [7, 11) is 2.03.